The summed E-state index contributed by atoms with van der Waals surface area (Å²) in [6, 6.07) is 6.77. The van der Waals surface area contributed by atoms with Crippen LogP contribution in [0.15, 0.2) is 34.9 Å². The van der Waals surface area contributed by atoms with Gasteiger partial charge in [0.15, 0.2) is 5.76 Å². The lowest BCUT2D eigenvalue weighted by Crippen LogP contribution is -2.13. The second-order valence-electron chi connectivity index (χ2n) is 5.71. The maximum Gasteiger partial charge on any atom is 0.340 e. The molecular formula is C19H20N2O5. The molecule has 0 radical (unpaired) electrons. The molecule has 0 aliphatic rings. The summed E-state index contributed by atoms with van der Waals surface area (Å²) in [4.78, 5) is 25.1. The number of nitrogens with one attached hydrogen (secondary N) is 1. The zero-order valence-corrected chi connectivity index (χ0v) is 15.1. The van der Waals surface area contributed by atoms with Gasteiger partial charge in [-0.25, -0.2) is 4.79 Å². The van der Waals surface area contributed by atoms with Crippen LogP contribution in [0, 0.1) is 6.92 Å². The third kappa shape index (κ3) is 2.81. The van der Waals surface area contributed by atoms with Gasteiger partial charge < -0.3 is 23.8 Å². The summed E-state index contributed by atoms with van der Waals surface area (Å²) < 4.78 is 17.6. The normalized spacial score (nSPS) is 10.8. The largest absolute Gasteiger partial charge is 0.495 e. The van der Waals surface area contributed by atoms with E-state index in [-0.39, 0.29) is 12.4 Å². The van der Waals surface area contributed by atoms with Crippen molar-refractivity contribution in [1.29, 1.82) is 0 Å². The highest BCUT2D eigenvalue weighted by molar-refractivity contribution is 6.16. The Bertz CT molecular complexity index is 970. The average molecular weight is 356 g/mol. The van der Waals surface area contributed by atoms with E-state index in [0.29, 0.717) is 22.4 Å². The Balaban J connectivity index is 2.23. The highest BCUT2D eigenvalue weighted by atomic mass is 16.5. The van der Waals surface area contributed by atoms with E-state index in [9.17, 15) is 9.59 Å². The number of ether oxygens (including phenoxy) is 2. The van der Waals surface area contributed by atoms with Gasteiger partial charge in [0, 0.05) is 18.1 Å². The van der Waals surface area contributed by atoms with Crippen molar-refractivity contribution in [3.05, 3.63) is 47.5 Å². The molecular weight excluding hydrogens is 336 g/mol. The van der Waals surface area contributed by atoms with Crippen molar-refractivity contribution >= 4 is 28.5 Å². The van der Waals surface area contributed by atoms with Crippen molar-refractivity contribution in [3.8, 4) is 5.75 Å². The van der Waals surface area contributed by atoms with E-state index in [4.69, 9.17) is 13.9 Å². The Kier molecular flexibility index (Phi) is 4.71. The predicted octanol–water partition coefficient (Wildman–Crippen LogP) is 3.52. The van der Waals surface area contributed by atoms with Crippen LogP contribution in [-0.4, -0.2) is 30.2 Å². The van der Waals surface area contributed by atoms with E-state index in [1.54, 1.807) is 25.1 Å². The fourth-order valence-corrected chi connectivity index (χ4v) is 2.96. The van der Waals surface area contributed by atoms with Gasteiger partial charge in [0.2, 0.25) is 0 Å². The van der Waals surface area contributed by atoms with E-state index in [1.165, 1.54) is 13.4 Å². The van der Waals surface area contributed by atoms with E-state index in [2.05, 4.69) is 5.32 Å². The zero-order chi connectivity index (χ0) is 18.8. The molecule has 1 N–H and O–H groups in total. The Morgan fingerprint density at radius 3 is 2.65 bits per heavy atom. The molecule has 0 spiro atoms. The molecule has 0 fully saturated rings. The first-order chi connectivity index (χ1) is 12.5. The molecule has 0 atom stereocenters. The summed E-state index contributed by atoms with van der Waals surface area (Å²) in [5, 5.41) is 3.38. The predicted molar refractivity (Wildman–Crippen MR) is 96.8 cm³/mol. The molecule has 7 nitrogen and oxygen atoms in total. The number of hydrogen-bond acceptors (Lipinski definition) is 5. The molecule has 0 aliphatic carbocycles. The minimum atomic E-state index is -0.447. The number of carbonyl (C=O) groups excluding carboxylic acids is 2. The average Bonchev–Trinajstić information content (AvgIpc) is 3.24. The number of amides is 1. The van der Waals surface area contributed by atoms with Crippen molar-refractivity contribution < 1.29 is 23.5 Å². The van der Waals surface area contributed by atoms with Crippen LogP contribution in [0.5, 0.6) is 5.75 Å². The molecule has 3 aromatic rings. The summed E-state index contributed by atoms with van der Waals surface area (Å²) in [5.74, 6) is -0.280. The highest BCUT2D eigenvalue weighted by Crippen LogP contribution is 2.38. The van der Waals surface area contributed by atoms with Gasteiger partial charge in [0.05, 0.1) is 36.7 Å². The first-order valence-corrected chi connectivity index (χ1v) is 8.17. The molecule has 0 saturated heterocycles. The fourth-order valence-electron chi connectivity index (χ4n) is 2.96. The highest BCUT2D eigenvalue weighted by Gasteiger charge is 2.25. The van der Waals surface area contributed by atoms with Crippen LogP contribution in [0.4, 0.5) is 5.69 Å². The number of aromatic nitrogens is 1. The van der Waals surface area contributed by atoms with Gasteiger partial charge in [-0.15, -0.1) is 0 Å². The van der Waals surface area contributed by atoms with Crippen LogP contribution in [-0.2, 0) is 11.8 Å². The van der Waals surface area contributed by atoms with Crippen LogP contribution in [0.25, 0.3) is 10.9 Å². The quantitative estimate of drug-likeness (QED) is 0.707. The molecule has 1 aromatic carbocycles. The molecule has 0 aliphatic heterocycles. The van der Waals surface area contributed by atoms with Crippen molar-refractivity contribution in [2.24, 2.45) is 7.05 Å². The van der Waals surface area contributed by atoms with Gasteiger partial charge in [-0.1, -0.05) is 0 Å². The van der Waals surface area contributed by atoms with Crippen molar-refractivity contribution in [2.45, 2.75) is 13.8 Å². The van der Waals surface area contributed by atoms with Crippen molar-refractivity contribution in [2.75, 3.05) is 19.0 Å². The molecule has 2 heterocycles. The van der Waals surface area contributed by atoms with Gasteiger partial charge in [0.25, 0.3) is 5.91 Å². The number of aryl methyl sites for hydroxylation is 1. The lowest BCUT2D eigenvalue weighted by atomic mass is 10.1. The van der Waals surface area contributed by atoms with Crippen molar-refractivity contribution in [3.63, 3.8) is 0 Å². The van der Waals surface area contributed by atoms with Gasteiger partial charge in [-0.05, 0) is 38.1 Å². The van der Waals surface area contributed by atoms with Crippen LogP contribution < -0.4 is 10.1 Å². The van der Waals surface area contributed by atoms with Crippen LogP contribution in [0.1, 0.15) is 33.5 Å². The number of hydrogen-bond donors (Lipinski definition) is 1. The Hall–Kier alpha value is -3.22. The maximum absolute atomic E-state index is 12.6. The molecule has 3 rings (SSSR count). The molecule has 0 bridgehead atoms. The second kappa shape index (κ2) is 6.95. The van der Waals surface area contributed by atoms with Gasteiger partial charge in [0.1, 0.15) is 5.75 Å². The third-order valence-electron chi connectivity index (χ3n) is 4.30. The topological polar surface area (TPSA) is 82.7 Å². The Morgan fingerprint density at radius 1 is 1.27 bits per heavy atom. The fraction of sp³-hybridized carbons (Fsp3) is 0.263. The Morgan fingerprint density at radius 2 is 2.04 bits per heavy atom. The number of anilines is 1. The van der Waals surface area contributed by atoms with Gasteiger partial charge in [-0.2, -0.15) is 0 Å². The standard InChI is InChI=1S/C19H20N2O5/c1-5-25-19(23)15-11(2)21(3)12-8-9-13(24-4)17(16(12)15)20-18(22)14-7-6-10-26-14/h6-10H,5H2,1-4H3,(H,20,22). The number of furan rings is 1. The molecule has 7 heteroatoms. The molecule has 26 heavy (non-hydrogen) atoms. The lowest BCUT2D eigenvalue weighted by molar-refractivity contribution is 0.0527. The summed E-state index contributed by atoms with van der Waals surface area (Å²) in [6.45, 7) is 3.84. The SMILES string of the molecule is CCOC(=O)c1c(C)n(C)c2ccc(OC)c(NC(=O)c3ccco3)c12. The minimum absolute atomic E-state index is 0.161. The smallest absolute Gasteiger partial charge is 0.340 e. The van der Waals surface area contributed by atoms with E-state index in [1.807, 2.05) is 24.6 Å². The number of rotatable bonds is 5. The third-order valence-corrected chi connectivity index (χ3v) is 4.30. The van der Waals surface area contributed by atoms with Crippen molar-refractivity contribution in [1.82, 2.24) is 4.57 Å². The number of nitrogens with zero attached hydrogens (tertiary/aromatic N) is 1. The molecule has 1 amide bonds. The summed E-state index contributed by atoms with van der Waals surface area (Å²) in [6.07, 6.45) is 1.42. The van der Waals surface area contributed by atoms with Crippen LogP contribution >= 0.6 is 0 Å². The number of benzene rings is 1. The first kappa shape index (κ1) is 17.6. The molecule has 136 valence electrons. The first-order valence-electron chi connectivity index (χ1n) is 8.17. The number of carbonyl (C=O) groups is 2. The van der Waals surface area contributed by atoms with E-state index in [0.717, 1.165) is 11.2 Å². The number of esters is 1. The molecule has 2 aromatic heterocycles. The lowest BCUT2D eigenvalue weighted by Gasteiger charge is -2.12. The van der Waals surface area contributed by atoms with Crippen LogP contribution in [0.3, 0.4) is 0 Å². The number of fused-ring (bicyclic) bond motifs is 1. The van der Waals surface area contributed by atoms with Gasteiger partial charge in [-0.3, -0.25) is 4.79 Å². The molecule has 0 saturated carbocycles. The Labute approximate surface area is 150 Å². The summed E-state index contributed by atoms with van der Waals surface area (Å²) >= 11 is 0. The number of methoxy groups -OCH3 is 1. The summed E-state index contributed by atoms with van der Waals surface area (Å²) in [7, 11) is 3.36. The van der Waals surface area contributed by atoms with Crippen LogP contribution in [0.2, 0.25) is 0 Å². The monoisotopic (exact) mass is 356 g/mol. The van der Waals surface area contributed by atoms with E-state index >= 15 is 0 Å². The minimum Gasteiger partial charge on any atom is -0.495 e. The van der Waals surface area contributed by atoms with E-state index < -0.39 is 11.9 Å². The second-order valence-corrected chi connectivity index (χ2v) is 5.71. The van der Waals surface area contributed by atoms with Gasteiger partial charge >= 0.3 is 5.97 Å². The zero-order valence-electron chi connectivity index (χ0n) is 15.1. The summed E-state index contributed by atoms with van der Waals surface area (Å²) in [5.41, 5.74) is 2.32. The maximum atomic E-state index is 12.6. The molecule has 0 unspecified atom stereocenters.